The van der Waals surface area contributed by atoms with Gasteiger partial charge in [-0.3, -0.25) is 9.69 Å². The van der Waals surface area contributed by atoms with Crippen molar-refractivity contribution < 1.29 is 13.2 Å². The molecule has 1 aliphatic rings. The average Bonchev–Trinajstić information content (AvgIpc) is 2.90. The fourth-order valence-electron chi connectivity index (χ4n) is 2.67. The number of likely N-dealkylation sites (tertiary alicyclic amines) is 1. The largest absolute Gasteiger partial charge is 0.352 e. The van der Waals surface area contributed by atoms with Crippen molar-refractivity contribution in [3.63, 3.8) is 0 Å². The molecule has 6 nitrogen and oxygen atoms in total. The Kier molecular flexibility index (Phi) is 6.37. The Morgan fingerprint density at radius 1 is 1.50 bits per heavy atom. The topological polar surface area (TPSA) is 92.5 Å². The van der Waals surface area contributed by atoms with Crippen LogP contribution in [0, 0.1) is 0 Å². The van der Waals surface area contributed by atoms with E-state index in [0.29, 0.717) is 0 Å². The first kappa shape index (κ1) is 17.4. The van der Waals surface area contributed by atoms with Crippen molar-refractivity contribution in [3.8, 4) is 0 Å². The summed E-state index contributed by atoms with van der Waals surface area (Å²) in [4.78, 5) is 15.5. The van der Waals surface area contributed by atoms with Crippen LogP contribution in [0.5, 0.6) is 0 Å². The number of hydrogen-bond acceptors (Lipinski definition) is 5. The molecule has 2 rings (SSSR count). The van der Waals surface area contributed by atoms with Crippen LogP contribution in [-0.4, -0.2) is 44.1 Å². The molecule has 1 aromatic rings. The third kappa shape index (κ3) is 6.43. The van der Waals surface area contributed by atoms with Gasteiger partial charge in [-0.1, -0.05) is 6.07 Å². The Balaban J connectivity index is 1.71. The molecule has 0 saturated carbocycles. The zero-order valence-electron chi connectivity index (χ0n) is 12.5. The van der Waals surface area contributed by atoms with Gasteiger partial charge in [-0.2, -0.15) is 0 Å². The van der Waals surface area contributed by atoms with Crippen molar-refractivity contribution in [1.82, 2.24) is 10.2 Å². The van der Waals surface area contributed by atoms with Crippen molar-refractivity contribution >= 4 is 27.3 Å². The van der Waals surface area contributed by atoms with E-state index in [-0.39, 0.29) is 30.5 Å². The lowest BCUT2D eigenvalue weighted by Crippen LogP contribution is -2.47. The maximum absolute atomic E-state index is 11.9. The van der Waals surface area contributed by atoms with Crippen LogP contribution in [0.15, 0.2) is 17.5 Å². The molecule has 1 aliphatic heterocycles. The highest BCUT2D eigenvalue weighted by molar-refractivity contribution is 7.89. The van der Waals surface area contributed by atoms with Gasteiger partial charge in [0.1, 0.15) is 0 Å². The minimum absolute atomic E-state index is 0.0911. The summed E-state index contributed by atoms with van der Waals surface area (Å²) in [6.45, 7) is 2.82. The lowest BCUT2D eigenvalue weighted by atomic mass is 10.1. The summed E-state index contributed by atoms with van der Waals surface area (Å²) >= 11 is 1.75. The van der Waals surface area contributed by atoms with Gasteiger partial charge >= 0.3 is 0 Å². The van der Waals surface area contributed by atoms with Gasteiger partial charge in [0.25, 0.3) is 0 Å². The molecule has 1 fully saturated rings. The number of thiophene rings is 1. The number of carbonyl (C=O) groups is 1. The Hall–Kier alpha value is -0.960. The van der Waals surface area contributed by atoms with E-state index in [1.807, 2.05) is 0 Å². The number of rotatable bonds is 7. The van der Waals surface area contributed by atoms with Gasteiger partial charge < -0.3 is 5.32 Å². The van der Waals surface area contributed by atoms with Crippen LogP contribution in [0.1, 0.15) is 30.6 Å². The molecule has 2 heterocycles. The summed E-state index contributed by atoms with van der Waals surface area (Å²) in [5.41, 5.74) is 0. The molecule has 1 saturated heterocycles. The van der Waals surface area contributed by atoms with Gasteiger partial charge in [0, 0.05) is 30.4 Å². The highest BCUT2D eigenvalue weighted by Gasteiger charge is 2.21. The van der Waals surface area contributed by atoms with Crippen molar-refractivity contribution in [3.05, 3.63) is 22.4 Å². The van der Waals surface area contributed by atoms with Gasteiger partial charge in [0.2, 0.25) is 15.9 Å². The van der Waals surface area contributed by atoms with Gasteiger partial charge in [0.05, 0.1) is 5.75 Å². The lowest BCUT2D eigenvalue weighted by Gasteiger charge is -2.32. The maximum atomic E-state index is 11.9. The van der Waals surface area contributed by atoms with Gasteiger partial charge in [-0.05, 0) is 37.3 Å². The molecule has 1 aromatic heterocycles. The Labute approximate surface area is 135 Å². The number of amides is 1. The molecule has 0 unspecified atom stereocenters. The molecule has 22 heavy (non-hydrogen) atoms. The van der Waals surface area contributed by atoms with Crippen LogP contribution in [-0.2, 0) is 21.4 Å². The predicted molar refractivity (Wildman–Crippen MR) is 88.0 cm³/mol. The third-order valence-electron chi connectivity index (χ3n) is 3.66. The SMILES string of the molecule is NS(=O)(=O)CCCC(=O)N[C@H]1CCCN(Cc2cccs2)C1. The molecule has 3 N–H and O–H groups in total. The minimum atomic E-state index is -3.48. The number of nitrogens with zero attached hydrogens (tertiary/aromatic N) is 1. The molecule has 0 spiro atoms. The van der Waals surface area contributed by atoms with Crippen LogP contribution < -0.4 is 10.5 Å². The summed E-state index contributed by atoms with van der Waals surface area (Å²) in [5, 5.41) is 10.00. The summed E-state index contributed by atoms with van der Waals surface area (Å²) in [6.07, 6.45) is 2.52. The predicted octanol–water partition coefficient (Wildman–Crippen LogP) is 0.897. The normalized spacial score (nSPS) is 20.0. The molecule has 0 bridgehead atoms. The lowest BCUT2D eigenvalue weighted by molar-refractivity contribution is -0.122. The maximum Gasteiger partial charge on any atom is 0.220 e. The van der Waals surface area contributed by atoms with Gasteiger partial charge in [-0.25, -0.2) is 13.6 Å². The first-order chi connectivity index (χ1) is 10.4. The third-order valence-corrected chi connectivity index (χ3v) is 5.38. The smallest absolute Gasteiger partial charge is 0.220 e. The van der Waals surface area contributed by atoms with Crippen molar-refractivity contribution in [1.29, 1.82) is 0 Å². The van der Waals surface area contributed by atoms with E-state index in [9.17, 15) is 13.2 Å². The van der Waals surface area contributed by atoms with E-state index in [1.54, 1.807) is 11.3 Å². The van der Waals surface area contributed by atoms with Crippen LogP contribution in [0.25, 0.3) is 0 Å². The molecular weight excluding hydrogens is 322 g/mol. The fourth-order valence-corrected chi connectivity index (χ4v) is 3.97. The Morgan fingerprint density at radius 3 is 3.00 bits per heavy atom. The molecule has 124 valence electrons. The summed E-state index contributed by atoms with van der Waals surface area (Å²) in [5.74, 6) is -0.234. The van der Waals surface area contributed by atoms with E-state index in [0.717, 1.165) is 32.5 Å². The zero-order chi connectivity index (χ0) is 16.0. The summed E-state index contributed by atoms with van der Waals surface area (Å²) in [6, 6.07) is 4.32. The molecule has 8 heteroatoms. The van der Waals surface area contributed by atoms with E-state index < -0.39 is 10.0 Å². The zero-order valence-corrected chi connectivity index (χ0v) is 14.2. The van der Waals surface area contributed by atoms with Crippen LogP contribution in [0.4, 0.5) is 0 Å². The molecule has 0 aromatic carbocycles. The summed E-state index contributed by atoms with van der Waals surface area (Å²) in [7, 11) is -3.48. The van der Waals surface area contributed by atoms with Gasteiger partial charge in [0.15, 0.2) is 0 Å². The second-order valence-electron chi connectivity index (χ2n) is 5.69. The van der Waals surface area contributed by atoms with Crippen LogP contribution in [0.3, 0.4) is 0 Å². The number of hydrogen-bond donors (Lipinski definition) is 2. The fraction of sp³-hybridized carbons (Fsp3) is 0.643. The number of nitrogens with two attached hydrogens (primary N) is 1. The Morgan fingerprint density at radius 2 is 2.32 bits per heavy atom. The number of sulfonamides is 1. The Bertz CT molecular complexity index is 572. The first-order valence-corrected chi connectivity index (χ1v) is 10.1. The van der Waals surface area contributed by atoms with E-state index >= 15 is 0 Å². The van der Waals surface area contributed by atoms with Crippen molar-refractivity contribution in [2.45, 2.75) is 38.3 Å². The molecule has 1 atom stereocenters. The molecular formula is C14H23N3O3S2. The molecule has 0 aliphatic carbocycles. The summed E-state index contributed by atoms with van der Waals surface area (Å²) < 4.78 is 21.7. The average molecular weight is 345 g/mol. The van der Waals surface area contributed by atoms with Crippen molar-refractivity contribution in [2.24, 2.45) is 5.14 Å². The van der Waals surface area contributed by atoms with E-state index in [2.05, 4.69) is 27.7 Å². The second kappa shape index (κ2) is 8.05. The van der Waals surface area contributed by atoms with Crippen LogP contribution in [0.2, 0.25) is 0 Å². The van der Waals surface area contributed by atoms with Crippen molar-refractivity contribution in [2.75, 3.05) is 18.8 Å². The molecule has 0 radical (unpaired) electrons. The quantitative estimate of drug-likeness (QED) is 0.768. The standard InChI is InChI=1S/C14H23N3O3S2/c15-22(19,20)9-3-6-14(18)16-12-4-1-7-17(10-12)11-13-5-2-8-21-13/h2,5,8,12H,1,3-4,6-7,9-11H2,(H,16,18)(H2,15,19,20)/t12-/m0/s1. The number of nitrogens with one attached hydrogen (secondary N) is 1. The number of carbonyl (C=O) groups excluding carboxylic acids is 1. The van der Waals surface area contributed by atoms with E-state index in [4.69, 9.17) is 5.14 Å². The highest BCUT2D eigenvalue weighted by Crippen LogP contribution is 2.16. The van der Waals surface area contributed by atoms with Gasteiger partial charge in [-0.15, -0.1) is 11.3 Å². The van der Waals surface area contributed by atoms with Crippen LogP contribution >= 0.6 is 11.3 Å². The second-order valence-corrected chi connectivity index (χ2v) is 8.46. The van der Waals surface area contributed by atoms with E-state index in [1.165, 1.54) is 4.88 Å². The molecule has 1 amide bonds. The number of primary sulfonamides is 1. The first-order valence-electron chi connectivity index (χ1n) is 7.47. The highest BCUT2D eigenvalue weighted by atomic mass is 32.2. The monoisotopic (exact) mass is 345 g/mol. The minimum Gasteiger partial charge on any atom is -0.352 e. The number of piperidine rings is 1.